The van der Waals surface area contributed by atoms with Gasteiger partial charge in [0.15, 0.2) is 0 Å². The molecule has 5 heteroatoms. The van der Waals surface area contributed by atoms with Gasteiger partial charge < -0.3 is 14.8 Å². The molecule has 0 aromatic carbocycles. The highest BCUT2D eigenvalue weighted by Gasteiger charge is 2.13. The van der Waals surface area contributed by atoms with E-state index in [9.17, 15) is 9.59 Å². The van der Waals surface area contributed by atoms with Gasteiger partial charge in [-0.15, -0.1) is 0 Å². The van der Waals surface area contributed by atoms with E-state index in [2.05, 4.69) is 5.32 Å². The van der Waals surface area contributed by atoms with Gasteiger partial charge in [-0.3, -0.25) is 9.59 Å². The molecule has 0 aliphatic rings. The summed E-state index contributed by atoms with van der Waals surface area (Å²) in [7, 11) is 0. The second-order valence-electron chi connectivity index (χ2n) is 3.80. The molecule has 0 radical (unpaired) electrons. The summed E-state index contributed by atoms with van der Waals surface area (Å²) in [6.07, 6.45) is 1.50. The van der Waals surface area contributed by atoms with E-state index in [-0.39, 0.29) is 18.2 Å². The zero-order valence-electron chi connectivity index (χ0n) is 9.32. The summed E-state index contributed by atoms with van der Waals surface area (Å²) in [5.41, 5.74) is 0.488. The van der Waals surface area contributed by atoms with Gasteiger partial charge in [0.2, 0.25) is 0 Å². The van der Waals surface area contributed by atoms with Crippen molar-refractivity contribution in [3.63, 3.8) is 0 Å². The molecule has 0 bridgehead atoms. The Morgan fingerprint density at radius 1 is 1.56 bits per heavy atom. The van der Waals surface area contributed by atoms with Crippen molar-refractivity contribution >= 4 is 11.9 Å². The molecule has 16 heavy (non-hydrogen) atoms. The highest BCUT2D eigenvalue weighted by atomic mass is 16.4. The highest BCUT2D eigenvalue weighted by molar-refractivity contribution is 5.95. The van der Waals surface area contributed by atoms with Gasteiger partial charge in [0.1, 0.15) is 5.76 Å². The first-order chi connectivity index (χ1) is 7.50. The SMILES string of the molecule is Cc1occc1C(=O)NCC(C)CC(=O)O. The third-order valence-corrected chi connectivity index (χ3v) is 2.24. The van der Waals surface area contributed by atoms with E-state index in [1.165, 1.54) is 6.26 Å². The number of aryl methyl sites for hydroxylation is 1. The summed E-state index contributed by atoms with van der Waals surface area (Å²) >= 11 is 0. The number of carboxylic acid groups (broad SMARTS) is 1. The van der Waals surface area contributed by atoms with Gasteiger partial charge in [-0.05, 0) is 18.9 Å². The molecular formula is C11H15NO4. The van der Waals surface area contributed by atoms with Gasteiger partial charge >= 0.3 is 5.97 Å². The third-order valence-electron chi connectivity index (χ3n) is 2.24. The molecule has 5 nitrogen and oxygen atoms in total. The summed E-state index contributed by atoms with van der Waals surface area (Å²) in [4.78, 5) is 22.0. The van der Waals surface area contributed by atoms with Crippen LogP contribution in [0.4, 0.5) is 0 Å². The average molecular weight is 225 g/mol. The van der Waals surface area contributed by atoms with Crippen LogP contribution in [0.25, 0.3) is 0 Å². The van der Waals surface area contributed by atoms with Gasteiger partial charge in [-0.25, -0.2) is 0 Å². The molecule has 0 saturated heterocycles. The van der Waals surface area contributed by atoms with E-state index >= 15 is 0 Å². The van der Waals surface area contributed by atoms with Crippen molar-refractivity contribution in [2.45, 2.75) is 20.3 Å². The van der Waals surface area contributed by atoms with Crippen molar-refractivity contribution in [1.29, 1.82) is 0 Å². The number of carbonyl (C=O) groups is 2. The van der Waals surface area contributed by atoms with Crippen LogP contribution in [0.2, 0.25) is 0 Å². The number of aliphatic carboxylic acids is 1. The van der Waals surface area contributed by atoms with Crippen molar-refractivity contribution in [1.82, 2.24) is 5.32 Å². The minimum absolute atomic E-state index is 0.0463. The summed E-state index contributed by atoms with van der Waals surface area (Å²) in [6.45, 7) is 3.82. The van der Waals surface area contributed by atoms with Crippen LogP contribution in [0.5, 0.6) is 0 Å². The molecule has 1 aromatic rings. The van der Waals surface area contributed by atoms with Crippen molar-refractivity contribution in [3.05, 3.63) is 23.7 Å². The number of carboxylic acids is 1. The standard InChI is InChI=1S/C11H15NO4/c1-7(5-10(13)14)6-12-11(15)9-3-4-16-8(9)2/h3-4,7H,5-6H2,1-2H3,(H,12,15)(H,13,14). The number of hydrogen-bond donors (Lipinski definition) is 2. The number of amides is 1. The summed E-state index contributed by atoms with van der Waals surface area (Å²) in [5, 5.41) is 11.2. The van der Waals surface area contributed by atoms with Crippen LogP contribution in [0, 0.1) is 12.8 Å². The van der Waals surface area contributed by atoms with Crippen LogP contribution >= 0.6 is 0 Å². The molecule has 0 spiro atoms. The van der Waals surface area contributed by atoms with Crippen LogP contribution in [-0.2, 0) is 4.79 Å². The number of hydrogen-bond acceptors (Lipinski definition) is 3. The van der Waals surface area contributed by atoms with Gasteiger partial charge in [-0.1, -0.05) is 6.92 Å². The summed E-state index contributed by atoms with van der Waals surface area (Å²) in [5.74, 6) is -0.623. The van der Waals surface area contributed by atoms with Gasteiger partial charge in [0.05, 0.1) is 11.8 Å². The molecule has 0 fully saturated rings. The van der Waals surface area contributed by atoms with Crippen molar-refractivity contribution < 1.29 is 19.1 Å². The van der Waals surface area contributed by atoms with Gasteiger partial charge in [-0.2, -0.15) is 0 Å². The molecule has 2 N–H and O–H groups in total. The fourth-order valence-corrected chi connectivity index (χ4v) is 1.35. The minimum Gasteiger partial charge on any atom is -0.481 e. The molecule has 1 heterocycles. The third kappa shape index (κ3) is 3.42. The fourth-order valence-electron chi connectivity index (χ4n) is 1.35. The zero-order valence-corrected chi connectivity index (χ0v) is 9.32. The number of carbonyl (C=O) groups excluding carboxylic acids is 1. The zero-order chi connectivity index (χ0) is 12.1. The Kier molecular flexibility index (Phi) is 4.10. The Hall–Kier alpha value is -1.78. The van der Waals surface area contributed by atoms with Crippen LogP contribution in [-0.4, -0.2) is 23.5 Å². The number of rotatable bonds is 5. The van der Waals surface area contributed by atoms with Gasteiger partial charge in [0, 0.05) is 13.0 Å². The summed E-state index contributed by atoms with van der Waals surface area (Å²) < 4.78 is 5.00. The van der Waals surface area contributed by atoms with Crippen LogP contribution in [0.15, 0.2) is 16.7 Å². The predicted octanol–water partition coefficient (Wildman–Crippen LogP) is 1.43. The molecule has 1 unspecified atom stereocenters. The van der Waals surface area contributed by atoms with Crippen molar-refractivity contribution in [2.75, 3.05) is 6.54 Å². The lowest BCUT2D eigenvalue weighted by Gasteiger charge is -2.09. The van der Waals surface area contributed by atoms with Crippen LogP contribution < -0.4 is 5.32 Å². The van der Waals surface area contributed by atoms with Gasteiger partial charge in [0.25, 0.3) is 5.91 Å². The van der Waals surface area contributed by atoms with E-state index in [0.29, 0.717) is 17.9 Å². The first kappa shape index (κ1) is 12.3. The average Bonchev–Trinajstić information content (AvgIpc) is 2.60. The Morgan fingerprint density at radius 3 is 2.75 bits per heavy atom. The minimum atomic E-state index is -0.860. The number of nitrogens with one attached hydrogen (secondary N) is 1. The van der Waals surface area contributed by atoms with Crippen LogP contribution in [0.3, 0.4) is 0 Å². The monoisotopic (exact) mass is 225 g/mol. The molecule has 0 saturated carbocycles. The lowest BCUT2D eigenvalue weighted by Crippen LogP contribution is -2.29. The van der Waals surface area contributed by atoms with E-state index in [1.54, 1.807) is 19.9 Å². The van der Waals surface area contributed by atoms with E-state index in [1.807, 2.05) is 0 Å². The topological polar surface area (TPSA) is 79.5 Å². The molecular weight excluding hydrogens is 210 g/mol. The van der Waals surface area contributed by atoms with Crippen molar-refractivity contribution in [2.24, 2.45) is 5.92 Å². The maximum absolute atomic E-state index is 11.6. The van der Waals surface area contributed by atoms with Crippen LogP contribution in [0.1, 0.15) is 29.5 Å². The lowest BCUT2D eigenvalue weighted by molar-refractivity contribution is -0.137. The van der Waals surface area contributed by atoms with E-state index < -0.39 is 5.97 Å². The molecule has 1 amide bonds. The predicted molar refractivity (Wildman–Crippen MR) is 57.2 cm³/mol. The molecule has 1 rings (SSSR count). The Labute approximate surface area is 93.4 Å². The quantitative estimate of drug-likeness (QED) is 0.794. The Balaban J connectivity index is 2.42. The molecule has 0 aliphatic heterocycles. The lowest BCUT2D eigenvalue weighted by atomic mass is 10.1. The maximum atomic E-state index is 11.6. The molecule has 88 valence electrons. The van der Waals surface area contributed by atoms with E-state index in [0.717, 1.165) is 0 Å². The highest BCUT2D eigenvalue weighted by Crippen LogP contribution is 2.08. The van der Waals surface area contributed by atoms with Crippen molar-refractivity contribution in [3.8, 4) is 0 Å². The second kappa shape index (κ2) is 5.34. The molecule has 1 aromatic heterocycles. The normalized spacial score (nSPS) is 12.1. The Bertz CT molecular complexity index is 383. The molecule has 0 aliphatic carbocycles. The Morgan fingerprint density at radius 2 is 2.25 bits per heavy atom. The largest absolute Gasteiger partial charge is 0.481 e. The molecule has 1 atom stereocenters. The first-order valence-electron chi connectivity index (χ1n) is 5.04. The van der Waals surface area contributed by atoms with E-state index in [4.69, 9.17) is 9.52 Å². The second-order valence-corrected chi connectivity index (χ2v) is 3.80. The maximum Gasteiger partial charge on any atom is 0.303 e. The first-order valence-corrected chi connectivity index (χ1v) is 5.04. The number of furan rings is 1. The summed E-state index contributed by atoms with van der Waals surface area (Å²) in [6, 6.07) is 1.59. The smallest absolute Gasteiger partial charge is 0.303 e. The fraction of sp³-hybridized carbons (Fsp3) is 0.455.